The van der Waals surface area contributed by atoms with Crippen LogP contribution in [0.15, 0.2) is 66.0 Å². The van der Waals surface area contributed by atoms with Crippen LogP contribution in [-0.4, -0.2) is 47.8 Å². The van der Waals surface area contributed by atoms with E-state index in [0.717, 1.165) is 19.6 Å². The fourth-order valence-electron chi connectivity index (χ4n) is 3.48. The van der Waals surface area contributed by atoms with E-state index in [-0.39, 0.29) is 11.8 Å². The molecule has 0 saturated carbocycles. The van der Waals surface area contributed by atoms with Crippen molar-refractivity contribution in [1.29, 1.82) is 0 Å². The summed E-state index contributed by atoms with van der Waals surface area (Å²) in [5.41, 5.74) is 2.25. The zero-order chi connectivity index (χ0) is 20.9. The third-order valence-electron chi connectivity index (χ3n) is 5.11. The Hall–Kier alpha value is -2.67. The van der Waals surface area contributed by atoms with Crippen LogP contribution in [0.3, 0.4) is 0 Å². The van der Waals surface area contributed by atoms with Gasteiger partial charge in [-0.2, -0.15) is 0 Å². The molecule has 2 aromatic carbocycles. The maximum Gasteiger partial charge on any atom is 0.265 e. The van der Waals surface area contributed by atoms with Crippen LogP contribution in [0, 0.1) is 0 Å². The molecule has 5 nitrogen and oxygen atoms in total. The summed E-state index contributed by atoms with van der Waals surface area (Å²) in [6.45, 7) is 3.89. The average molecular weight is 440 g/mol. The highest BCUT2D eigenvalue weighted by atomic mass is 35.5. The predicted molar refractivity (Wildman–Crippen MR) is 121 cm³/mol. The molecule has 1 N–H and O–H groups in total. The summed E-state index contributed by atoms with van der Waals surface area (Å²) in [6.07, 6.45) is 0. The minimum atomic E-state index is -0.231. The summed E-state index contributed by atoms with van der Waals surface area (Å²) in [5.74, 6) is -0.274. The molecule has 2 heterocycles. The molecule has 1 aliphatic heterocycles. The molecule has 1 aromatic heterocycles. The van der Waals surface area contributed by atoms with E-state index in [1.165, 1.54) is 16.9 Å². The van der Waals surface area contributed by atoms with Crippen LogP contribution < -0.4 is 5.32 Å². The van der Waals surface area contributed by atoms with Gasteiger partial charge in [0.1, 0.15) is 0 Å². The molecule has 4 rings (SSSR count). The van der Waals surface area contributed by atoms with E-state index in [1.54, 1.807) is 24.3 Å². The molecule has 0 spiro atoms. The Bertz CT molecular complexity index is 1020. The largest absolute Gasteiger partial charge is 0.336 e. The lowest BCUT2D eigenvalue weighted by molar-refractivity contribution is 0.0628. The van der Waals surface area contributed by atoms with Crippen molar-refractivity contribution < 1.29 is 9.59 Å². The number of hydrogen-bond donors (Lipinski definition) is 1. The maximum absolute atomic E-state index is 13.0. The van der Waals surface area contributed by atoms with Crippen molar-refractivity contribution >= 4 is 40.4 Å². The number of anilines is 1. The van der Waals surface area contributed by atoms with Crippen molar-refractivity contribution in [2.45, 2.75) is 6.54 Å². The molecule has 7 heteroatoms. The highest BCUT2D eigenvalue weighted by Crippen LogP contribution is 2.25. The number of carbonyl (C=O) groups excluding carboxylic acids is 2. The van der Waals surface area contributed by atoms with Crippen LogP contribution in [0.5, 0.6) is 0 Å². The van der Waals surface area contributed by atoms with Gasteiger partial charge in [0.15, 0.2) is 0 Å². The summed E-state index contributed by atoms with van der Waals surface area (Å²) >= 11 is 7.60. The molecule has 1 aliphatic rings. The number of nitrogens with zero attached hydrogens (tertiary/aromatic N) is 2. The first-order valence-corrected chi connectivity index (χ1v) is 11.1. The number of piperazine rings is 1. The molecule has 0 atom stereocenters. The summed E-state index contributed by atoms with van der Waals surface area (Å²) in [7, 11) is 0. The van der Waals surface area contributed by atoms with Crippen molar-refractivity contribution in [3.05, 3.63) is 87.1 Å². The molecular weight excluding hydrogens is 418 g/mol. The molecule has 2 amide bonds. The maximum atomic E-state index is 13.0. The summed E-state index contributed by atoms with van der Waals surface area (Å²) in [5, 5.41) is 5.05. The van der Waals surface area contributed by atoms with Crippen molar-refractivity contribution in [1.82, 2.24) is 9.80 Å². The zero-order valence-corrected chi connectivity index (χ0v) is 18.0. The molecular formula is C23H22ClN3O2S. The smallest absolute Gasteiger partial charge is 0.265 e. The van der Waals surface area contributed by atoms with Crippen LogP contribution in [0.25, 0.3) is 0 Å². The second kappa shape index (κ2) is 9.43. The van der Waals surface area contributed by atoms with Crippen molar-refractivity contribution in [3.63, 3.8) is 0 Å². The fraction of sp³-hybridized carbons (Fsp3) is 0.217. The number of carbonyl (C=O) groups is 2. The number of hydrogen-bond acceptors (Lipinski definition) is 4. The van der Waals surface area contributed by atoms with Gasteiger partial charge in [0.25, 0.3) is 11.8 Å². The van der Waals surface area contributed by atoms with Crippen molar-refractivity contribution in [3.8, 4) is 0 Å². The first-order chi connectivity index (χ1) is 14.6. The Morgan fingerprint density at radius 2 is 1.73 bits per heavy atom. The van der Waals surface area contributed by atoms with Gasteiger partial charge in [-0.3, -0.25) is 14.5 Å². The van der Waals surface area contributed by atoms with Gasteiger partial charge < -0.3 is 10.2 Å². The van der Waals surface area contributed by atoms with Gasteiger partial charge in [-0.25, -0.2) is 0 Å². The fourth-order valence-corrected chi connectivity index (χ4v) is 4.26. The number of nitrogens with one attached hydrogen (secondary N) is 1. The average Bonchev–Trinajstić information content (AvgIpc) is 3.31. The summed E-state index contributed by atoms with van der Waals surface area (Å²) in [6, 6.07) is 18.9. The van der Waals surface area contributed by atoms with Gasteiger partial charge in [0.05, 0.1) is 15.6 Å². The monoisotopic (exact) mass is 439 g/mol. The second-order valence-corrected chi connectivity index (χ2v) is 8.53. The molecule has 0 radical (unpaired) electrons. The number of rotatable bonds is 5. The van der Waals surface area contributed by atoms with Gasteiger partial charge in [0, 0.05) is 38.3 Å². The normalized spacial score (nSPS) is 14.5. The van der Waals surface area contributed by atoms with Gasteiger partial charge in [0.2, 0.25) is 0 Å². The highest BCUT2D eigenvalue weighted by Gasteiger charge is 2.23. The second-order valence-electron chi connectivity index (χ2n) is 7.18. The van der Waals surface area contributed by atoms with E-state index >= 15 is 0 Å². The standard InChI is InChI=1S/C23H22ClN3O2S/c24-19-9-8-18(15-20(19)25-22(28)21-7-4-14-30-21)23(29)27-12-10-26(11-13-27)16-17-5-2-1-3-6-17/h1-9,14-15H,10-13,16H2,(H,25,28). The third-order valence-corrected chi connectivity index (χ3v) is 6.31. The van der Waals surface area contributed by atoms with E-state index < -0.39 is 0 Å². The molecule has 1 saturated heterocycles. The van der Waals surface area contributed by atoms with Gasteiger partial charge in [-0.1, -0.05) is 48.0 Å². The highest BCUT2D eigenvalue weighted by molar-refractivity contribution is 7.12. The Labute approximate surface area is 184 Å². The van der Waals surface area contributed by atoms with Crippen LogP contribution >= 0.6 is 22.9 Å². The Morgan fingerprint density at radius 1 is 0.967 bits per heavy atom. The molecule has 0 aliphatic carbocycles. The van der Waals surface area contributed by atoms with E-state index in [2.05, 4.69) is 22.3 Å². The molecule has 0 bridgehead atoms. The zero-order valence-electron chi connectivity index (χ0n) is 16.4. The molecule has 1 fully saturated rings. The number of benzene rings is 2. The molecule has 30 heavy (non-hydrogen) atoms. The van der Waals surface area contributed by atoms with E-state index in [4.69, 9.17) is 11.6 Å². The van der Waals surface area contributed by atoms with E-state index in [9.17, 15) is 9.59 Å². The Balaban J connectivity index is 1.38. The van der Waals surface area contributed by atoms with Gasteiger partial charge in [-0.05, 0) is 35.2 Å². The summed E-state index contributed by atoms with van der Waals surface area (Å²) in [4.78, 5) is 30.1. The Kier molecular flexibility index (Phi) is 6.47. The predicted octanol–water partition coefficient (Wildman–Crippen LogP) is 4.61. The van der Waals surface area contributed by atoms with Gasteiger partial charge >= 0.3 is 0 Å². The summed E-state index contributed by atoms with van der Waals surface area (Å²) < 4.78 is 0. The van der Waals surface area contributed by atoms with Gasteiger partial charge in [-0.15, -0.1) is 11.3 Å². The first kappa shape index (κ1) is 20.6. The van der Waals surface area contributed by atoms with E-state index in [1.807, 2.05) is 34.5 Å². The lowest BCUT2D eigenvalue weighted by Gasteiger charge is -2.34. The Morgan fingerprint density at radius 3 is 2.43 bits per heavy atom. The van der Waals surface area contributed by atoms with Crippen LogP contribution in [0.2, 0.25) is 5.02 Å². The minimum Gasteiger partial charge on any atom is -0.336 e. The van der Waals surface area contributed by atoms with Crippen LogP contribution in [0.4, 0.5) is 5.69 Å². The molecule has 3 aromatic rings. The molecule has 154 valence electrons. The minimum absolute atomic E-state index is 0.0438. The topological polar surface area (TPSA) is 52.7 Å². The lowest BCUT2D eigenvalue weighted by Crippen LogP contribution is -2.48. The number of amides is 2. The van der Waals surface area contributed by atoms with Crippen molar-refractivity contribution in [2.75, 3.05) is 31.5 Å². The van der Waals surface area contributed by atoms with E-state index in [0.29, 0.717) is 34.2 Å². The van der Waals surface area contributed by atoms with Crippen LogP contribution in [-0.2, 0) is 6.54 Å². The van der Waals surface area contributed by atoms with Crippen LogP contribution in [0.1, 0.15) is 25.6 Å². The number of halogens is 1. The quantitative estimate of drug-likeness (QED) is 0.631. The van der Waals surface area contributed by atoms with Crippen molar-refractivity contribution in [2.24, 2.45) is 0 Å². The SMILES string of the molecule is O=C(Nc1cc(C(=O)N2CCN(Cc3ccccc3)CC2)ccc1Cl)c1cccs1. The third kappa shape index (κ3) is 4.90. The molecule has 0 unspecified atom stereocenters. The number of thiophene rings is 1. The first-order valence-electron chi connectivity index (χ1n) is 9.80. The lowest BCUT2D eigenvalue weighted by atomic mass is 10.1.